The third-order valence-corrected chi connectivity index (χ3v) is 4.36. The van der Waals surface area contributed by atoms with Crippen LogP contribution in [0.1, 0.15) is 36.7 Å². The maximum atomic E-state index is 11.4. The first-order chi connectivity index (χ1) is 9.17. The Bertz CT molecular complexity index is 515. The summed E-state index contributed by atoms with van der Waals surface area (Å²) in [5, 5.41) is 10.1. The van der Waals surface area contributed by atoms with Crippen LogP contribution in [0, 0.1) is 0 Å². The summed E-state index contributed by atoms with van der Waals surface area (Å²) in [5.74, 6) is -0.464. The van der Waals surface area contributed by atoms with E-state index in [-0.39, 0.29) is 5.56 Å². The van der Waals surface area contributed by atoms with Gasteiger partial charge in [-0.3, -0.25) is 0 Å². The van der Waals surface area contributed by atoms with Gasteiger partial charge in [0.25, 0.3) is 0 Å². The van der Waals surface area contributed by atoms with Crippen molar-refractivity contribution < 1.29 is 19.7 Å². The molecule has 0 saturated heterocycles. The number of carboxylic acids is 1. The summed E-state index contributed by atoms with van der Waals surface area (Å²) < 4.78 is 0. The zero-order valence-electron chi connectivity index (χ0n) is 12.7. The molecule has 0 aliphatic heterocycles. The molecule has 0 heterocycles. The van der Waals surface area contributed by atoms with Gasteiger partial charge in [0.1, 0.15) is 5.60 Å². The average molecular weight is 294 g/mol. The molecule has 0 aromatic heterocycles. The summed E-state index contributed by atoms with van der Waals surface area (Å²) in [6, 6.07) is 3.30. The second kappa shape index (κ2) is 6.24. The quantitative estimate of drug-likeness (QED) is 0.515. The molecule has 110 valence electrons. The van der Waals surface area contributed by atoms with Crippen LogP contribution in [0.4, 0.5) is 0 Å². The number of carbonyl (C=O) groups is 1. The molecule has 4 nitrogen and oxygen atoms in total. The molecular formula is C15H22O4Si. The lowest BCUT2D eigenvalue weighted by molar-refractivity contribution is -0.274. The van der Waals surface area contributed by atoms with E-state index in [4.69, 9.17) is 9.78 Å². The summed E-state index contributed by atoms with van der Waals surface area (Å²) in [4.78, 5) is 22.2. The van der Waals surface area contributed by atoms with E-state index >= 15 is 0 Å². The molecule has 0 saturated carbocycles. The normalized spacial score (nSPS) is 11.5. The first-order valence-electron chi connectivity index (χ1n) is 6.55. The van der Waals surface area contributed by atoms with E-state index in [1.807, 2.05) is 20.8 Å². The second-order valence-electron chi connectivity index (χ2n) is 5.89. The molecule has 20 heavy (non-hydrogen) atoms. The van der Waals surface area contributed by atoms with Gasteiger partial charge in [0.05, 0.1) is 14.4 Å². The van der Waals surface area contributed by atoms with Crippen molar-refractivity contribution in [1.29, 1.82) is 0 Å². The first kappa shape index (κ1) is 16.5. The number of rotatable bonds is 5. The number of aromatic carboxylic acids is 1. The molecule has 0 bridgehead atoms. The van der Waals surface area contributed by atoms with E-state index in [0.29, 0.717) is 5.75 Å². The van der Waals surface area contributed by atoms with Crippen LogP contribution in [0.25, 0.3) is 6.08 Å². The highest BCUT2D eigenvalue weighted by atomic mass is 28.3. The minimum Gasteiger partial charge on any atom is -0.478 e. The lowest BCUT2D eigenvalue weighted by atomic mass is 10.1. The van der Waals surface area contributed by atoms with E-state index in [9.17, 15) is 9.90 Å². The Hall–Kier alpha value is -1.59. The summed E-state index contributed by atoms with van der Waals surface area (Å²) >= 11 is 0. The summed E-state index contributed by atoms with van der Waals surface area (Å²) in [7, 11) is -1.42. The van der Waals surface area contributed by atoms with Crippen molar-refractivity contribution in [1.82, 2.24) is 0 Å². The lowest BCUT2D eigenvalue weighted by Crippen LogP contribution is -2.33. The monoisotopic (exact) mass is 294 g/mol. The molecule has 0 fully saturated rings. The smallest absolute Gasteiger partial charge is 0.335 e. The number of hydrogen-bond donors (Lipinski definition) is 1. The van der Waals surface area contributed by atoms with Crippen molar-refractivity contribution in [2.75, 3.05) is 0 Å². The molecular weight excluding hydrogens is 272 g/mol. The van der Waals surface area contributed by atoms with E-state index in [1.54, 1.807) is 18.2 Å². The van der Waals surface area contributed by atoms with Gasteiger partial charge in [-0.05, 0) is 32.0 Å². The van der Waals surface area contributed by atoms with Gasteiger partial charge in [0.15, 0.2) is 5.75 Å². The molecule has 1 aromatic rings. The topological polar surface area (TPSA) is 55.8 Å². The fourth-order valence-corrected chi connectivity index (χ4v) is 3.38. The highest BCUT2D eigenvalue weighted by molar-refractivity contribution is 6.73. The molecule has 0 aliphatic rings. The Kier molecular flexibility index (Phi) is 5.13. The van der Waals surface area contributed by atoms with Crippen molar-refractivity contribution in [3.63, 3.8) is 0 Å². The van der Waals surface area contributed by atoms with Crippen LogP contribution < -0.4 is 10.1 Å². The molecule has 1 aromatic carbocycles. The highest BCUT2D eigenvalue weighted by Crippen LogP contribution is 2.23. The predicted octanol–water partition coefficient (Wildman–Crippen LogP) is 2.83. The molecule has 0 aliphatic carbocycles. The maximum absolute atomic E-state index is 11.4. The highest BCUT2D eigenvalue weighted by Gasteiger charge is 2.23. The van der Waals surface area contributed by atoms with Crippen LogP contribution in [0.3, 0.4) is 0 Å². The lowest BCUT2D eigenvalue weighted by Gasteiger charge is -2.22. The Labute approximate surface area is 121 Å². The Morgan fingerprint density at radius 3 is 2.35 bits per heavy atom. The first-order valence-corrected chi connectivity index (χ1v) is 9.44. The zero-order valence-corrected chi connectivity index (χ0v) is 13.8. The number of benzene rings is 1. The van der Waals surface area contributed by atoms with Gasteiger partial charge < -0.3 is 9.99 Å². The fraction of sp³-hybridized carbons (Fsp3) is 0.400. The van der Waals surface area contributed by atoms with Gasteiger partial charge in [-0.25, -0.2) is 4.79 Å². The summed E-state index contributed by atoms with van der Waals surface area (Å²) in [6.45, 7) is 13.5. The Morgan fingerprint density at radius 1 is 1.35 bits per heavy atom. The van der Waals surface area contributed by atoms with Gasteiger partial charge in [0, 0.05) is 5.56 Å². The van der Waals surface area contributed by atoms with E-state index in [1.165, 1.54) is 0 Å². The Morgan fingerprint density at radius 2 is 1.95 bits per heavy atom. The SMILES string of the molecule is C=Cc1ccc(C(=O)O)c([SiH](C)C)c1OOC(C)(C)C. The largest absolute Gasteiger partial charge is 0.478 e. The van der Waals surface area contributed by atoms with Crippen molar-refractivity contribution in [3.8, 4) is 5.75 Å². The van der Waals surface area contributed by atoms with Crippen LogP contribution >= 0.6 is 0 Å². The van der Waals surface area contributed by atoms with E-state index < -0.39 is 20.4 Å². The van der Waals surface area contributed by atoms with Gasteiger partial charge in [-0.15, -0.1) is 0 Å². The number of carboxylic acid groups (broad SMARTS) is 1. The number of hydrogen-bond acceptors (Lipinski definition) is 3. The molecule has 0 amide bonds. The van der Waals surface area contributed by atoms with Crippen LogP contribution in [-0.2, 0) is 4.89 Å². The third kappa shape index (κ3) is 3.95. The molecule has 1 rings (SSSR count). The minimum atomic E-state index is -1.42. The van der Waals surface area contributed by atoms with E-state index in [2.05, 4.69) is 19.7 Å². The Balaban J connectivity index is 3.39. The molecule has 0 atom stereocenters. The summed E-state index contributed by atoms with van der Waals surface area (Å²) in [5.41, 5.74) is 0.549. The predicted molar refractivity (Wildman–Crippen MR) is 83.5 cm³/mol. The van der Waals surface area contributed by atoms with E-state index in [0.717, 1.165) is 10.8 Å². The van der Waals surface area contributed by atoms with Gasteiger partial charge in [0.2, 0.25) is 0 Å². The van der Waals surface area contributed by atoms with Crippen LogP contribution in [0.5, 0.6) is 5.75 Å². The molecule has 5 heteroatoms. The van der Waals surface area contributed by atoms with Crippen molar-refractivity contribution in [2.45, 2.75) is 39.5 Å². The maximum Gasteiger partial charge on any atom is 0.335 e. The van der Waals surface area contributed by atoms with Crippen LogP contribution in [-0.4, -0.2) is 25.5 Å². The standard InChI is InChI=1S/C15H22O4Si/c1-7-10-8-9-11(14(16)17)13(20(5)6)12(10)18-19-15(2,3)4/h7-9,20H,1H2,2-6H3,(H,16,17). The van der Waals surface area contributed by atoms with Crippen molar-refractivity contribution >= 4 is 26.0 Å². The second-order valence-corrected chi connectivity index (χ2v) is 8.77. The molecule has 0 radical (unpaired) electrons. The molecule has 0 spiro atoms. The molecule has 1 N–H and O–H groups in total. The zero-order chi connectivity index (χ0) is 15.5. The van der Waals surface area contributed by atoms with Gasteiger partial charge in [-0.2, -0.15) is 4.89 Å². The van der Waals surface area contributed by atoms with Crippen LogP contribution in [0.15, 0.2) is 18.7 Å². The molecule has 0 unspecified atom stereocenters. The van der Waals surface area contributed by atoms with Crippen molar-refractivity contribution in [2.24, 2.45) is 0 Å². The minimum absolute atomic E-state index is 0.282. The van der Waals surface area contributed by atoms with Crippen LogP contribution in [0.2, 0.25) is 13.1 Å². The van der Waals surface area contributed by atoms with Gasteiger partial charge >= 0.3 is 5.97 Å². The van der Waals surface area contributed by atoms with Crippen molar-refractivity contribution in [3.05, 3.63) is 29.8 Å². The summed E-state index contributed by atoms with van der Waals surface area (Å²) in [6.07, 6.45) is 1.65. The van der Waals surface area contributed by atoms with Gasteiger partial charge in [-0.1, -0.05) is 31.8 Å². The third-order valence-electron chi connectivity index (χ3n) is 2.63. The average Bonchev–Trinajstić information content (AvgIpc) is 2.33. The fourth-order valence-electron chi connectivity index (χ4n) is 1.80.